The SMILES string of the molecule is Br.Cc1cc(Br)c2nccn2c1. The quantitative estimate of drug-likeness (QED) is 0.729. The Labute approximate surface area is 89.5 Å². The molecule has 0 saturated heterocycles. The van der Waals surface area contributed by atoms with Crippen molar-refractivity contribution >= 4 is 38.6 Å². The minimum atomic E-state index is 0. The molecule has 0 spiro atoms. The largest absolute Gasteiger partial charge is 0.306 e. The van der Waals surface area contributed by atoms with Crippen LogP contribution in [0.2, 0.25) is 0 Å². The van der Waals surface area contributed by atoms with Crippen molar-refractivity contribution in [1.29, 1.82) is 0 Å². The summed E-state index contributed by atoms with van der Waals surface area (Å²) in [7, 11) is 0. The van der Waals surface area contributed by atoms with Gasteiger partial charge in [-0.1, -0.05) is 0 Å². The van der Waals surface area contributed by atoms with Gasteiger partial charge in [0.15, 0.2) is 5.65 Å². The molecule has 0 aliphatic carbocycles. The van der Waals surface area contributed by atoms with E-state index in [4.69, 9.17) is 0 Å². The highest BCUT2D eigenvalue weighted by Crippen LogP contribution is 2.17. The molecule has 0 aromatic carbocycles. The molecule has 2 heterocycles. The molecule has 2 aromatic rings. The number of aryl methyl sites for hydroxylation is 1. The predicted molar refractivity (Wildman–Crippen MR) is 58.0 cm³/mol. The topological polar surface area (TPSA) is 17.3 Å². The zero-order chi connectivity index (χ0) is 7.84. The molecule has 2 rings (SSSR count). The van der Waals surface area contributed by atoms with Crippen LogP contribution in [0.15, 0.2) is 29.1 Å². The van der Waals surface area contributed by atoms with Crippen molar-refractivity contribution in [3.8, 4) is 0 Å². The van der Waals surface area contributed by atoms with Gasteiger partial charge in [-0.3, -0.25) is 0 Å². The monoisotopic (exact) mass is 290 g/mol. The molecule has 0 atom stereocenters. The first-order valence-electron chi connectivity index (χ1n) is 3.36. The summed E-state index contributed by atoms with van der Waals surface area (Å²) in [6.07, 6.45) is 5.78. The number of nitrogens with zero attached hydrogens (tertiary/aromatic N) is 2. The van der Waals surface area contributed by atoms with E-state index in [-0.39, 0.29) is 17.0 Å². The molecule has 0 aliphatic rings. The molecule has 0 saturated carbocycles. The predicted octanol–water partition coefficient (Wildman–Crippen LogP) is 2.98. The summed E-state index contributed by atoms with van der Waals surface area (Å²) >= 11 is 3.44. The van der Waals surface area contributed by atoms with E-state index in [1.165, 1.54) is 5.56 Å². The lowest BCUT2D eigenvalue weighted by Gasteiger charge is -1.97. The molecule has 0 N–H and O–H groups in total. The van der Waals surface area contributed by atoms with Crippen LogP contribution in [-0.2, 0) is 0 Å². The number of hydrogen-bond acceptors (Lipinski definition) is 1. The van der Waals surface area contributed by atoms with Crippen molar-refractivity contribution in [3.05, 3.63) is 34.7 Å². The Morgan fingerprint density at radius 2 is 2.25 bits per heavy atom. The van der Waals surface area contributed by atoms with Gasteiger partial charge in [0, 0.05) is 18.6 Å². The standard InChI is InChI=1S/C8H7BrN2.BrH/c1-6-4-7(9)8-10-2-3-11(8)5-6;/h2-5H,1H3;1H. The van der Waals surface area contributed by atoms with Gasteiger partial charge in [0.05, 0.1) is 4.47 Å². The van der Waals surface area contributed by atoms with Crippen molar-refractivity contribution in [2.45, 2.75) is 6.92 Å². The van der Waals surface area contributed by atoms with Gasteiger partial charge in [-0.25, -0.2) is 4.98 Å². The van der Waals surface area contributed by atoms with Gasteiger partial charge in [0.25, 0.3) is 0 Å². The maximum atomic E-state index is 4.18. The van der Waals surface area contributed by atoms with Gasteiger partial charge in [-0.2, -0.15) is 0 Å². The van der Waals surface area contributed by atoms with Crippen LogP contribution in [0, 0.1) is 6.92 Å². The third-order valence-electron chi connectivity index (χ3n) is 1.58. The number of hydrogen-bond donors (Lipinski definition) is 0. The van der Waals surface area contributed by atoms with Gasteiger partial charge in [0.2, 0.25) is 0 Å². The Balaban J connectivity index is 0.000000720. The normalized spacial score (nSPS) is 9.83. The van der Waals surface area contributed by atoms with Crippen molar-refractivity contribution in [1.82, 2.24) is 9.38 Å². The van der Waals surface area contributed by atoms with Crippen LogP contribution in [0.5, 0.6) is 0 Å². The van der Waals surface area contributed by atoms with E-state index in [0.29, 0.717) is 0 Å². The van der Waals surface area contributed by atoms with Crippen LogP contribution in [0.4, 0.5) is 0 Å². The maximum absolute atomic E-state index is 4.18. The van der Waals surface area contributed by atoms with E-state index >= 15 is 0 Å². The molecule has 64 valence electrons. The van der Waals surface area contributed by atoms with E-state index in [1.54, 1.807) is 6.20 Å². The molecule has 0 radical (unpaired) electrons. The Kier molecular flexibility index (Phi) is 2.90. The average Bonchev–Trinajstić information content (AvgIpc) is 2.34. The lowest BCUT2D eigenvalue weighted by atomic mass is 10.3. The second kappa shape index (κ2) is 3.58. The van der Waals surface area contributed by atoms with Gasteiger partial charge in [0.1, 0.15) is 0 Å². The van der Waals surface area contributed by atoms with Gasteiger partial charge >= 0.3 is 0 Å². The zero-order valence-corrected chi connectivity index (χ0v) is 9.79. The Hall–Kier alpha value is -0.350. The third kappa shape index (κ3) is 1.54. The third-order valence-corrected chi connectivity index (χ3v) is 2.16. The van der Waals surface area contributed by atoms with Crippen LogP contribution >= 0.6 is 32.9 Å². The lowest BCUT2D eigenvalue weighted by Crippen LogP contribution is -1.85. The number of imidazole rings is 1. The van der Waals surface area contributed by atoms with E-state index in [9.17, 15) is 0 Å². The van der Waals surface area contributed by atoms with E-state index in [0.717, 1.165) is 10.1 Å². The zero-order valence-electron chi connectivity index (χ0n) is 6.49. The highest BCUT2D eigenvalue weighted by molar-refractivity contribution is 9.10. The molecule has 0 fully saturated rings. The highest BCUT2D eigenvalue weighted by Gasteiger charge is 1.98. The van der Waals surface area contributed by atoms with Crippen molar-refractivity contribution in [2.24, 2.45) is 0 Å². The molecular formula is C8H8Br2N2. The van der Waals surface area contributed by atoms with Crippen LogP contribution in [0.1, 0.15) is 5.56 Å². The van der Waals surface area contributed by atoms with Crippen LogP contribution in [-0.4, -0.2) is 9.38 Å². The van der Waals surface area contributed by atoms with Gasteiger partial charge < -0.3 is 4.40 Å². The molecule has 2 aromatic heterocycles. The van der Waals surface area contributed by atoms with Crippen LogP contribution in [0.3, 0.4) is 0 Å². The molecule has 0 bridgehead atoms. The second-order valence-electron chi connectivity index (χ2n) is 2.52. The summed E-state index contributed by atoms with van der Waals surface area (Å²) in [5.74, 6) is 0. The summed E-state index contributed by atoms with van der Waals surface area (Å²) in [5.41, 5.74) is 2.19. The van der Waals surface area contributed by atoms with Crippen LogP contribution < -0.4 is 0 Å². The van der Waals surface area contributed by atoms with Gasteiger partial charge in [-0.05, 0) is 34.5 Å². The molecule has 4 heteroatoms. The van der Waals surface area contributed by atoms with E-state index < -0.39 is 0 Å². The number of fused-ring (bicyclic) bond motifs is 1. The Morgan fingerprint density at radius 1 is 1.50 bits per heavy atom. The molecular weight excluding hydrogens is 284 g/mol. The number of pyridine rings is 1. The first kappa shape index (κ1) is 9.74. The first-order chi connectivity index (χ1) is 5.27. The second-order valence-corrected chi connectivity index (χ2v) is 3.38. The summed E-state index contributed by atoms with van der Waals surface area (Å²) < 4.78 is 3.04. The van der Waals surface area contributed by atoms with E-state index in [1.807, 2.05) is 16.8 Å². The lowest BCUT2D eigenvalue weighted by molar-refractivity contribution is 1.15. The van der Waals surface area contributed by atoms with Gasteiger partial charge in [-0.15, -0.1) is 17.0 Å². The molecule has 0 unspecified atom stereocenters. The minimum Gasteiger partial charge on any atom is -0.306 e. The molecule has 0 amide bonds. The Morgan fingerprint density at radius 3 is 3.00 bits per heavy atom. The van der Waals surface area contributed by atoms with E-state index in [2.05, 4.69) is 33.9 Å². The fourth-order valence-electron chi connectivity index (χ4n) is 1.12. The van der Waals surface area contributed by atoms with Crippen molar-refractivity contribution < 1.29 is 0 Å². The summed E-state index contributed by atoms with van der Waals surface area (Å²) in [4.78, 5) is 4.18. The number of aromatic nitrogens is 2. The molecule has 0 aliphatic heterocycles. The Bertz CT molecular complexity index is 395. The minimum absolute atomic E-state index is 0. The molecule has 12 heavy (non-hydrogen) atoms. The smallest absolute Gasteiger partial charge is 0.151 e. The fourth-order valence-corrected chi connectivity index (χ4v) is 1.79. The first-order valence-corrected chi connectivity index (χ1v) is 4.15. The van der Waals surface area contributed by atoms with Crippen molar-refractivity contribution in [2.75, 3.05) is 0 Å². The van der Waals surface area contributed by atoms with Crippen molar-refractivity contribution in [3.63, 3.8) is 0 Å². The summed E-state index contributed by atoms with van der Waals surface area (Å²) in [5, 5.41) is 0. The fraction of sp³-hybridized carbons (Fsp3) is 0.125. The molecule has 2 nitrogen and oxygen atoms in total. The highest BCUT2D eigenvalue weighted by atomic mass is 79.9. The number of rotatable bonds is 0. The average molecular weight is 292 g/mol. The summed E-state index contributed by atoms with van der Waals surface area (Å²) in [6, 6.07) is 2.06. The number of halogens is 2. The van der Waals surface area contributed by atoms with Crippen LogP contribution in [0.25, 0.3) is 5.65 Å². The summed E-state index contributed by atoms with van der Waals surface area (Å²) in [6.45, 7) is 2.06. The maximum Gasteiger partial charge on any atom is 0.151 e.